The summed E-state index contributed by atoms with van der Waals surface area (Å²) in [4.78, 5) is 25.4. The molecule has 1 aromatic rings. The van der Waals surface area contributed by atoms with Crippen LogP contribution in [-0.2, 0) is 11.3 Å². The number of carbonyl (C=O) groups excluding carboxylic acids is 2. The Hall–Kier alpha value is -2.08. The van der Waals surface area contributed by atoms with Crippen LogP contribution in [0.5, 0.6) is 0 Å². The van der Waals surface area contributed by atoms with E-state index in [4.69, 9.17) is 5.73 Å². The van der Waals surface area contributed by atoms with Gasteiger partial charge in [0.25, 0.3) is 0 Å². The number of urea groups is 1. The molecule has 0 bridgehead atoms. The highest BCUT2D eigenvalue weighted by atomic mass is 16.2. The number of rotatable bonds is 6. The number of likely N-dealkylation sites (N-methyl/N-ethyl adjacent to an activating group) is 1. The number of nitrogens with zero attached hydrogens (tertiary/aromatic N) is 1. The Morgan fingerprint density at radius 1 is 1.24 bits per heavy atom. The zero-order valence-corrected chi connectivity index (χ0v) is 12.8. The third kappa shape index (κ3) is 5.43. The Bertz CT molecular complexity index is 473. The van der Waals surface area contributed by atoms with Crippen molar-refractivity contribution in [1.82, 2.24) is 15.5 Å². The summed E-state index contributed by atoms with van der Waals surface area (Å²) in [5.74, 6) is -0.307. The summed E-state index contributed by atoms with van der Waals surface area (Å²) in [5.41, 5.74) is 7.44. The van der Waals surface area contributed by atoms with Crippen LogP contribution in [0.15, 0.2) is 24.3 Å². The van der Waals surface area contributed by atoms with Crippen molar-refractivity contribution in [2.45, 2.75) is 33.4 Å². The fraction of sp³-hybridized carbons (Fsp3) is 0.467. The first kappa shape index (κ1) is 17.0. The molecule has 0 fully saturated rings. The number of hydrogen-bond donors (Lipinski definition) is 3. The molecule has 1 rings (SSSR count). The van der Waals surface area contributed by atoms with Gasteiger partial charge in [0.2, 0.25) is 5.91 Å². The SMILES string of the molecule is CCNC(=O)NC(=O)C(C)N(CC)Cc1ccc(N)cc1. The van der Waals surface area contributed by atoms with E-state index >= 15 is 0 Å². The van der Waals surface area contributed by atoms with Crippen LogP contribution in [0.4, 0.5) is 10.5 Å². The molecule has 0 saturated carbocycles. The molecule has 0 saturated heterocycles. The van der Waals surface area contributed by atoms with Crippen molar-refractivity contribution in [2.24, 2.45) is 0 Å². The lowest BCUT2D eigenvalue weighted by molar-refractivity contribution is -0.124. The van der Waals surface area contributed by atoms with E-state index in [0.29, 0.717) is 25.3 Å². The molecule has 1 unspecified atom stereocenters. The van der Waals surface area contributed by atoms with E-state index in [1.54, 1.807) is 13.8 Å². The number of imide groups is 1. The molecule has 21 heavy (non-hydrogen) atoms. The Labute approximate surface area is 125 Å². The maximum atomic E-state index is 12.0. The lowest BCUT2D eigenvalue weighted by Crippen LogP contribution is -2.49. The summed E-state index contributed by atoms with van der Waals surface area (Å²) in [6.45, 7) is 7.38. The van der Waals surface area contributed by atoms with Gasteiger partial charge in [0.15, 0.2) is 0 Å². The molecule has 0 radical (unpaired) electrons. The molecule has 0 heterocycles. The number of nitrogens with one attached hydrogen (secondary N) is 2. The molecule has 1 aromatic carbocycles. The zero-order chi connectivity index (χ0) is 15.8. The first-order valence-electron chi connectivity index (χ1n) is 7.15. The molecule has 1 atom stereocenters. The maximum Gasteiger partial charge on any atom is 0.321 e. The van der Waals surface area contributed by atoms with Gasteiger partial charge in [-0.15, -0.1) is 0 Å². The molecular weight excluding hydrogens is 268 g/mol. The summed E-state index contributed by atoms with van der Waals surface area (Å²) in [5, 5.41) is 4.88. The molecule has 0 aliphatic heterocycles. The summed E-state index contributed by atoms with van der Waals surface area (Å²) in [7, 11) is 0. The predicted molar refractivity (Wildman–Crippen MR) is 83.6 cm³/mol. The largest absolute Gasteiger partial charge is 0.399 e. The molecule has 6 nitrogen and oxygen atoms in total. The van der Waals surface area contributed by atoms with Crippen LogP contribution in [0.2, 0.25) is 0 Å². The third-order valence-electron chi connectivity index (χ3n) is 3.27. The topological polar surface area (TPSA) is 87.5 Å². The molecule has 6 heteroatoms. The molecule has 4 N–H and O–H groups in total. The first-order chi connectivity index (χ1) is 9.97. The standard InChI is InChI=1S/C15H24N4O2/c1-4-17-15(21)18-14(20)11(3)19(5-2)10-12-6-8-13(16)9-7-12/h6-9,11H,4-5,10,16H2,1-3H3,(H2,17,18,20,21). The summed E-state index contributed by atoms with van der Waals surface area (Å²) in [6, 6.07) is 6.69. The number of nitrogen functional groups attached to an aromatic ring is 1. The smallest absolute Gasteiger partial charge is 0.321 e. The van der Waals surface area contributed by atoms with Crippen LogP contribution in [0, 0.1) is 0 Å². The molecular formula is C15H24N4O2. The van der Waals surface area contributed by atoms with Crippen molar-refractivity contribution in [2.75, 3.05) is 18.8 Å². The van der Waals surface area contributed by atoms with Gasteiger partial charge in [-0.2, -0.15) is 0 Å². The molecule has 116 valence electrons. The molecule has 0 spiro atoms. The van der Waals surface area contributed by atoms with Crippen LogP contribution in [0.3, 0.4) is 0 Å². The van der Waals surface area contributed by atoms with Crippen molar-refractivity contribution in [3.05, 3.63) is 29.8 Å². The number of nitrogens with two attached hydrogens (primary N) is 1. The monoisotopic (exact) mass is 292 g/mol. The van der Waals surface area contributed by atoms with Crippen LogP contribution in [0.25, 0.3) is 0 Å². The predicted octanol–water partition coefficient (Wildman–Crippen LogP) is 1.32. The number of anilines is 1. The van der Waals surface area contributed by atoms with Gasteiger partial charge in [0, 0.05) is 18.8 Å². The zero-order valence-electron chi connectivity index (χ0n) is 12.8. The highest BCUT2D eigenvalue weighted by molar-refractivity contribution is 5.96. The van der Waals surface area contributed by atoms with Gasteiger partial charge in [-0.25, -0.2) is 4.79 Å². The average molecular weight is 292 g/mol. The molecule has 0 aliphatic carbocycles. The molecule has 3 amide bonds. The Morgan fingerprint density at radius 2 is 1.86 bits per heavy atom. The highest BCUT2D eigenvalue weighted by Gasteiger charge is 2.21. The highest BCUT2D eigenvalue weighted by Crippen LogP contribution is 2.11. The lowest BCUT2D eigenvalue weighted by atomic mass is 10.1. The second-order valence-electron chi connectivity index (χ2n) is 4.83. The average Bonchev–Trinajstić information content (AvgIpc) is 2.46. The minimum atomic E-state index is -0.460. The van der Waals surface area contributed by atoms with Crippen molar-refractivity contribution in [3.8, 4) is 0 Å². The molecule has 0 aromatic heterocycles. The van der Waals surface area contributed by atoms with Crippen LogP contribution in [-0.4, -0.2) is 36.0 Å². The number of benzene rings is 1. The third-order valence-corrected chi connectivity index (χ3v) is 3.27. The summed E-state index contributed by atoms with van der Waals surface area (Å²) in [6.07, 6.45) is 0. The van der Waals surface area contributed by atoms with Crippen molar-refractivity contribution in [3.63, 3.8) is 0 Å². The van der Waals surface area contributed by atoms with E-state index in [2.05, 4.69) is 10.6 Å². The van der Waals surface area contributed by atoms with Gasteiger partial charge in [-0.3, -0.25) is 15.0 Å². The van der Waals surface area contributed by atoms with E-state index in [1.165, 1.54) is 0 Å². The van der Waals surface area contributed by atoms with Crippen molar-refractivity contribution < 1.29 is 9.59 Å². The fourth-order valence-corrected chi connectivity index (χ4v) is 1.97. The lowest BCUT2D eigenvalue weighted by Gasteiger charge is -2.26. The second-order valence-corrected chi connectivity index (χ2v) is 4.83. The van der Waals surface area contributed by atoms with E-state index < -0.39 is 12.1 Å². The number of amides is 3. The fourth-order valence-electron chi connectivity index (χ4n) is 1.97. The van der Waals surface area contributed by atoms with Crippen LogP contribution < -0.4 is 16.4 Å². The summed E-state index contributed by atoms with van der Waals surface area (Å²) < 4.78 is 0. The minimum Gasteiger partial charge on any atom is -0.399 e. The van der Waals surface area contributed by atoms with Gasteiger partial charge in [0.05, 0.1) is 6.04 Å². The van der Waals surface area contributed by atoms with Gasteiger partial charge in [-0.05, 0) is 38.1 Å². The van der Waals surface area contributed by atoms with Gasteiger partial charge in [0.1, 0.15) is 0 Å². The number of carbonyl (C=O) groups is 2. The van der Waals surface area contributed by atoms with Gasteiger partial charge >= 0.3 is 6.03 Å². The van der Waals surface area contributed by atoms with Crippen LogP contribution >= 0.6 is 0 Å². The van der Waals surface area contributed by atoms with E-state index in [1.807, 2.05) is 36.1 Å². The maximum absolute atomic E-state index is 12.0. The Morgan fingerprint density at radius 3 is 2.38 bits per heavy atom. The van der Waals surface area contributed by atoms with Crippen molar-refractivity contribution >= 4 is 17.6 Å². The second kappa shape index (κ2) is 8.26. The van der Waals surface area contributed by atoms with Crippen LogP contribution in [0.1, 0.15) is 26.3 Å². The van der Waals surface area contributed by atoms with E-state index in [9.17, 15) is 9.59 Å². The normalized spacial score (nSPS) is 12.0. The minimum absolute atomic E-state index is 0.307. The quantitative estimate of drug-likeness (QED) is 0.690. The van der Waals surface area contributed by atoms with E-state index in [-0.39, 0.29) is 5.91 Å². The Kier molecular flexibility index (Phi) is 6.68. The number of hydrogen-bond acceptors (Lipinski definition) is 4. The van der Waals surface area contributed by atoms with Crippen molar-refractivity contribution in [1.29, 1.82) is 0 Å². The first-order valence-corrected chi connectivity index (χ1v) is 7.15. The van der Waals surface area contributed by atoms with Gasteiger partial charge in [-0.1, -0.05) is 19.1 Å². The molecule has 0 aliphatic rings. The van der Waals surface area contributed by atoms with Gasteiger partial charge < -0.3 is 11.1 Å². The van der Waals surface area contributed by atoms with E-state index in [0.717, 1.165) is 5.56 Å². The summed E-state index contributed by atoms with van der Waals surface area (Å²) >= 11 is 0. The Balaban J connectivity index is 2.63.